The number of nitro groups is 1. The number of fused-ring (bicyclic) bond motifs is 1. The second-order valence-corrected chi connectivity index (χ2v) is 4.57. The van der Waals surface area contributed by atoms with E-state index in [1.54, 1.807) is 23.9 Å². The first kappa shape index (κ1) is 12.6. The fraction of sp³-hybridized carbons (Fsp3) is 0.308. The molecule has 2 heterocycles. The third-order valence-corrected chi connectivity index (χ3v) is 3.32. The minimum absolute atomic E-state index is 0.0719. The lowest BCUT2D eigenvalue weighted by molar-refractivity contribution is -0.384. The quantitative estimate of drug-likeness (QED) is 0.680. The molecule has 7 heteroatoms. The SMILES string of the molecule is COCc1nn(-c2ccc([N+](=O)[O-])cc2)c2c1CCN2. The first-order chi connectivity index (χ1) is 9.70. The molecule has 0 atom stereocenters. The summed E-state index contributed by atoms with van der Waals surface area (Å²) in [5, 5.41) is 18.5. The molecule has 1 N–H and O–H groups in total. The standard InChI is InChI=1S/C13H14N4O3/c1-20-8-12-11-6-7-14-13(11)16(15-12)9-2-4-10(5-3-9)17(18)19/h2-5,14H,6-8H2,1H3. The Labute approximate surface area is 115 Å². The van der Waals surface area contributed by atoms with Gasteiger partial charge in [-0.05, 0) is 18.6 Å². The molecule has 0 radical (unpaired) electrons. The maximum absolute atomic E-state index is 10.7. The predicted octanol–water partition coefficient (Wildman–Crippen LogP) is 1.89. The van der Waals surface area contributed by atoms with Crippen LogP contribution in [0.4, 0.5) is 11.5 Å². The highest BCUT2D eigenvalue weighted by Gasteiger charge is 2.22. The summed E-state index contributed by atoms with van der Waals surface area (Å²) in [6.45, 7) is 1.33. The number of nitro benzene ring substituents is 1. The van der Waals surface area contributed by atoms with E-state index in [1.807, 2.05) is 0 Å². The van der Waals surface area contributed by atoms with Gasteiger partial charge in [-0.2, -0.15) is 5.10 Å². The summed E-state index contributed by atoms with van der Waals surface area (Å²) >= 11 is 0. The molecule has 0 fully saturated rings. The molecule has 7 nitrogen and oxygen atoms in total. The number of nitrogens with one attached hydrogen (secondary N) is 1. The molecule has 1 aliphatic rings. The van der Waals surface area contributed by atoms with Gasteiger partial charge >= 0.3 is 0 Å². The van der Waals surface area contributed by atoms with Crippen molar-refractivity contribution < 1.29 is 9.66 Å². The van der Waals surface area contributed by atoms with E-state index in [1.165, 1.54) is 12.1 Å². The molecule has 0 aliphatic carbocycles. The van der Waals surface area contributed by atoms with Crippen LogP contribution in [0.1, 0.15) is 11.3 Å². The lowest BCUT2D eigenvalue weighted by atomic mass is 10.2. The highest BCUT2D eigenvalue weighted by atomic mass is 16.6. The van der Waals surface area contributed by atoms with Crippen LogP contribution in [0, 0.1) is 10.1 Å². The van der Waals surface area contributed by atoms with Crippen molar-refractivity contribution in [1.82, 2.24) is 9.78 Å². The fourth-order valence-electron chi connectivity index (χ4n) is 2.40. The smallest absolute Gasteiger partial charge is 0.269 e. The Morgan fingerprint density at radius 1 is 1.45 bits per heavy atom. The number of anilines is 1. The Bertz CT molecular complexity index is 648. The number of methoxy groups -OCH3 is 1. The number of nitrogens with zero attached hydrogens (tertiary/aromatic N) is 3. The zero-order valence-electron chi connectivity index (χ0n) is 11.0. The average Bonchev–Trinajstić information content (AvgIpc) is 3.03. The molecule has 0 unspecified atom stereocenters. The van der Waals surface area contributed by atoms with Crippen LogP contribution in [0.15, 0.2) is 24.3 Å². The van der Waals surface area contributed by atoms with Crippen LogP contribution in [0.5, 0.6) is 0 Å². The first-order valence-corrected chi connectivity index (χ1v) is 6.29. The topological polar surface area (TPSA) is 82.2 Å². The van der Waals surface area contributed by atoms with E-state index in [2.05, 4.69) is 10.4 Å². The van der Waals surface area contributed by atoms with Crippen molar-refractivity contribution in [2.45, 2.75) is 13.0 Å². The van der Waals surface area contributed by atoms with Crippen LogP contribution < -0.4 is 5.32 Å². The van der Waals surface area contributed by atoms with Crippen molar-refractivity contribution in [2.75, 3.05) is 19.0 Å². The van der Waals surface area contributed by atoms with Gasteiger partial charge in [0.1, 0.15) is 5.82 Å². The number of non-ortho nitro benzene ring substituents is 1. The van der Waals surface area contributed by atoms with E-state index < -0.39 is 4.92 Å². The molecule has 0 saturated heterocycles. The van der Waals surface area contributed by atoms with E-state index in [0.29, 0.717) is 6.61 Å². The van der Waals surface area contributed by atoms with Gasteiger partial charge < -0.3 is 10.1 Å². The number of benzene rings is 1. The van der Waals surface area contributed by atoms with Crippen molar-refractivity contribution in [3.05, 3.63) is 45.6 Å². The minimum atomic E-state index is -0.411. The van der Waals surface area contributed by atoms with E-state index in [4.69, 9.17) is 4.74 Å². The maximum atomic E-state index is 10.7. The highest BCUT2D eigenvalue weighted by Crippen LogP contribution is 2.29. The van der Waals surface area contributed by atoms with Crippen LogP contribution in [-0.4, -0.2) is 28.4 Å². The van der Waals surface area contributed by atoms with Crippen LogP contribution in [0.25, 0.3) is 5.69 Å². The number of hydrogen-bond donors (Lipinski definition) is 1. The van der Waals surface area contributed by atoms with Gasteiger partial charge in [0, 0.05) is 31.4 Å². The summed E-state index contributed by atoms with van der Waals surface area (Å²) in [5.41, 5.74) is 2.93. The molecule has 0 bridgehead atoms. The van der Waals surface area contributed by atoms with Gasteiger partial charge in [0.2, 0.25) is 0 Å². The van der Waals surface area contributed by atoms with Crippen LogP contribution in [0.3, 0.4) is 0 Å². The van der Waals surface area contributed by atoms with Gasteiger partial charge in [0.25, 0.3) is 5.69 Å². The van der Waals surface area contributed by atoms with E-state index in [0.717, 1.165) is 35.7 Å². The van der Waals surface area contributed by atoms with Gasteiger partial charge in [-0.1, -0.05) is 0 Å². The van der Waals surface area contributed by atoms with Crippen LogP contribution in [0.2, 0.25) is 0 Å². The van der Waals surface area contributed by atoms with Gasteiger partial charge in [-0.3, -0.25) is 10.1 Å². The molecule has 0 amide bonds. The predicted molar refractivity (Wildman–Crippen MR) is 73.1 cm³/mol. The first-order valence-electron chi connectivity index (χ1n) is 6.29. The Morgan fingerprint density at radius 3 is 2.85 bits per heavy atom. The summed E-state index contributed by atoms with van der Waals surface area (Å²) in [6, 6.07) is 6.35. The molecule has 0 spiro atoms. The molecule has 2 aromatic rings. The number of hydrogen-bond acceptors (Lipinski definition) is 5. The third-order valence-electron chi connectivity index (χ3n) is 3.32. The Kier molecular flexibility index (Phi) is 3.11. The molecular formula is C13H14N4O3. The van der Waals surface area contributed by atoms with Crippen molar-refractivity contribution >= 4 is 11.5 Å². The highest BCUT2D eigenvalue weighted by molar-refractivity contribution is 5.57. The van der Waals surface area contributed by atoms with Crippen LogP contribution in [-0.2, 0) is 17.8 Å². The monoisotopic (exact) mass is 274 g/mol. The molecule has 1 aliphatic heterocycles. The molecule has 20 heavy (non-hydrogen) atoms. The number of rotatable bonds is 4. The second-order valence-electron chi connectivity index (χ2n) is 4.57. The van der Waals surface area contributed by atoms with Crippen LogP contribution >= 0.6 is 0 Å². The van der Waals surface area contributed by atoms with Gasteiger partial charge in [0.15, 0.2) is 0 Å². The Hall–Kier alpha value is -2.41. The third kappa shape index (κ3) is 2.01. The minimum Gasteiger partial charge on any atom is -0.378 e. The van der Waals surface area contributed by atoms with E-state index in [-0.39, 0.29) is 5.69 Å². The zero-order valence-corrected chi connectivity index (χ0v) is 11.0. The largest absolute Gasteiger partial charge is 0.378 e. The lowest BCUT2D eigenvalue weighted by Gasteiger charge is -2.05. The summed E-state index contributed by atoms with van der Waals surface area (Å²) in [5.74, 6) is 0.950. The maximum Gasteiger partial charge on any atom is 0.269 e. The van der Waals surface area contributed by atoms with Gasteiger partial charge in [-0.15, -0.1) is 0 Å². The molecular weight excluding hydrogens is 260 g/mol. The normalized spacial score (nSPS) is 13.1. The molecule has 0 saturated carbocycles. The number of aromatic nitrogens is 2. The van der Waals surface area contributed by atoms with Gasteiger partial charge in [0.05, 0.1) is 22.9 Å². The summed E-state index contributed by atoms with van der Waals surface area (Å²) < 4.78 is 6.94. The van der Waals surface area contributed by atoms with Crippen molar-refractivity contribution in [1.29, 1.82) is 0 Å². The molecule has 104 valence electrons. The lowest BCUT2D eigenvalue weighted by Crippen LogP contribution is -2.05. The molecule has 3 rings (SSSR count). The van der Waals surface area contributed by atoms with Crippen molar-refractivity contribution in [3.63, 3.8) is 0 Å². The van der Waals surface area contributed by atoms with E-state index in [9.17, 15) is 10.1 Å². The van der Waals surface area contributed by atoms with E-state index >= 15 is 0 Å². The fourth-order valence-corrected chi connectivity index (χ4v) is 2.40. The Balaban J connectivity index is 2.01. The summed E-state index contributed by atoms with van der Waals surface area (Å²) in [7, 11) is 1.64. The summed E-state index contributed by atoms with van der Waals surface area (Å²) in [4.78, 5) is 10.3. The van der Waals surface area contributed by atoms with Crippen molar-refractivity contribution in [3.8, 4) is 5.69 Å². The van der Waals surface area contributed by atoms with Crippen molar-refractivity contribution in [2.24, 2.45) is 0 Å². The second kappa shape index (κ2) is 4.93. The molecule has 1 aromatic carbocycles. The molecule has 1 aromatic heterocycles. The van der Waals surface area contributed by atoms with Gasteiger partial charge in [-0.25, -0.2) is 4.68 Å². The number of ether oxygens (including phenoxy) is 1. The summed E-state index contributed by atoms with van der Waals surface area (Å²) in [6.07, 6.45) is 0.918. The Morgan fingerprint density at radius 2 is 2.20 bits per heavy atom. The average molecular weight is 274 g/mol. The zero-order chi connectivity index (χ0) is 14.1.